The van der Waals surface area contributed by atoms with Crippen molar-refractivity contribution in [3.63, 3.8) is 0 Å². The van der Waals surface area contributed by atoms with Crippen LogP contribution in [0.5, 0.6) is 5.75 Å². The Balaban J connectivity index is 1.80. The molecular formula is C17H25NO. The van der Waals surface area contributed by atoms with Crippen molar-refractivity contribution < 1.29 is 4.74 Å². The molecule has 1 heterocycles. The summed E-state index contributed by atoms with van der Waals surface area (Å²) in [5, 5.41) is 3.75. The van der Waals surface area contributed by atoms with Crippen molar-refractivity contribution in [3.8, 4) is 5.75 Å². The Morgan fingerprint density at radius 2 is 2.21 bits per heavy atom. The van der Waals surface area contributed by atoms with Crippen LogP contribution in [0.15, 0.2) is 18.2 Å². The molecule has 1 aromatic carbocycles. The van der Waals surface area contributed by atoms with Crippen LogP contribution in [-0.4, -0.2) is 13.2 Å². The summed E-state index contributed by atoms with van der Waals surface area (Å²) >= 11 is 0. The van der Waals surface area contributed by atoms with Gasteiger partial charge in [0.1, 0.15) is 5.75 Å². The molecule has 3 rings (SSSR count). The van der Waals surface area contributed by atoms with Crippen molar-refractivity contribution in [2.24, 2.45) is 5.92 Å². The molecule has 0 spiro atoms. The Morgan fingerprint density at radius 1 is 1.32 bits per heavy atom. The van der Waals surface area contributed by atoms with Gasteiger partial charge in [-0.25, -0.2) is 0 Å². The van der Waals surface area contributed by atoms with Gasteiger partial charge in [-0.3, -0.25) is 0 Å². The van der Waals surface area contributed by atoms with Crippen molar-refractivity contribution in [2.45, 2.75) is 51.5 Å². The largest absolute Gasteiger partial charge is 0.493 e. The van der Waals surface area contributed by atoms with E-state index in [2.05, 4.69) is 30.4 Å². The highest BCUT2D eigenvalue weighted by atomic mass is 16.5. The fraction of sp³-hybridized carbons (Fsp3) is 0.647. The first-order valence-corrected chi connectivity index (χ1v) is 7.87. The van der Waals surface area contributed by atoms with Gasteiger partial charge in [-0.1, -0.05) is 25.5 Å². The number of fused-ring (bicyclic) bond motifs is 1. The topological polar surface area (TPSA) is 21.3 Å². The zero-order chi connectivity index (χ0) is 13.1. The molecule has 1 atom stereocenters. The van der Waals surface area contributed by atoms with Gasteiger partial charge in [0.2, 0.25) is 0 Å². The molecule has 2 nitrogen and oxygen atoms in total. The van der Waals surface area contributed by atoms with Crippen molar-refractivity contribution in [1.29, 1.82) is 0 Å². The van der Waals surface area contributed by atoms with E-state index in [4.69, 9.17) is 4.74 Å². The normalized spacial score (nSPS) is 20.3. The summed E-state index contributed by atoms with van der Waals surface area (Å²) < 4.78 is 5.72. The van der Waals surface area contributed by atoms with Crippen molar-refractivity contribution in [2.75, 3.05) is 13.2 Å². The molecule has 0 amide bonds. The molecule has 1 saturated carbocycles. The van der Waals surface area contributed by atoms with E-state index in [1.54, 1.807) is 0 Å². The molecule has 1 aromatic rings. The summed E-state index contributed by atoms with van der Waals surface area (Å²) in [6.07, 6.45) is 7.71. The number of nitrogens with one attached hydrogen (secondary N) is 1. The molecule has 0 bridgehead atoms. The Kier molecular flexibility index (Phi) is 4.07. The van der Waals surface area contributed by atoms with Crippen LogP contribution in [-0.2, 0) is 6.42 Å². The number of rotatable bonds is 5. The fourth-order valence-corrected chi connectivity index (χ4v) is 3.20. The van der Waals surface area contributed by atoms with E-state index in [1.165, 1.54) is 43.2 Å². The molecule has 0 saturated heterocycles. The molecule has 104 valence electrons. The molecule has 0 radical (unpaired) electrons. The molecule has 1 N–H and O–H groups in total. The Morgan fingerprint density at radius 3 is 2.95 bits per heavy atom. The van der Waals surface area contributed by atoms with Gasteiger partial charge in [0.05, 0.1) is 6.61 Å². The Bertz CT molecular complexity index is 425. The third-order valence-electron chi connectivity index (χ3n) is 4.53. The summed E-state index contributed by atoms with van der Waals surface area (Å²) in [6.45, 7) is 4.24. The van der Waals surface area contributed by atoms with Gasteiger partial charge in [0, 0.05) is 6.04 Å². The fourth-order valence-electron chi connectivity index (χ4n) is 3.20. The van der Waals surface area contributed by atoms with E-state index in [0.29, 0.717) is 6.04 Å². The minimum Gasteiger partial charge on any atom is -0.493 e. The average molecular weight is 259 g/mol. The summed E-state index contributed by atoms with van der Waals surface area (Å²) in [6, 6.07) is 7.40. The highest BCUT2D eigenvalue weighted by molar-refractivity contribution is 5.40. The minimum absolute atomic E-state index is 0.556. The summed E-state index contributed by atoms with van der Waals surface area (Å²) in [5.41, 5.74) is 2.88. The van der Waals surface area contributed by atoms with E-state index in [-0.39, 0.29) is 0 Å². The molecule has 1 aliphatic heterocycles. The lowest BCUT2D eigenvalue weighted by molar-refractivity contribution is 0.230. The van der Waals surface area contributed by atoms with Crippen LogP contribution in [0.3, 0.4) is 0 Å². The van der Waals surface area contributed by atoms with Gasteiger partial charge in [0.25, 0.3) is 0 Å². The third kappa shape index (κ3) is 2.79. The highest BCUT2D eigenvalue weighted by Gasteiger charge is 2.28. The predicted octanol–water partition coefficient (Wildman–Crippen LogP) is 3.85. The van der Waals surface area contributed by atoms with Crippen molar-refractivity contribution >= 4 is 0 Å². The summed E-state index contributed by atoms with van der Waals surface area (Å²) in [4.78, 5) is 0. The van der Waals surface area contributed by atoms with E-state index >= 15 is 0 Å². The van der Waals surface area contributed by atoms with Gasteiger partial charge in [-0.2, -0.15) is 0 Å². The van der Waals surface area contributed by atoms with Crippen LogP contribution < -0.4 is 10.1 Å². The lowest BCUT2D eigenvalue weighted by atomic mass is 9.76. The number of ether oxygens (including phenoxy) is 1. The number of hydrogen-bond donors (Lipinski definition) is 1. The smallest absolute Gasteiger partial charge is 0.122 e. The van der Waals surface area contributed by atoms with Gasteiger partial charge in [-0.05, 0) is 61.8 Å². The first kappa shape index (κ1) is 13.0. The SMILES string of the molecule is CCCNC(c1ccc2c(c1)CCCO2)C1CCC1. The molecule has 2 heteroatoms. The quantitative estimate of drug-likeness (QED) is 0.867. The maximum atomic E-state index is 5.72. The molecule has 1 unspecified atom stereocenters. The molecule has 1 fully saturated rings. The van der Waals surface area contributed by atoms with Gasteiger partial charge >= 0.3 is 0 Å². The molecular weight excluding hydrogens is 234 g/mol. The monoisotopic (exact) mass is 259 g/mol. The van der Waals surface area contributed by atoms with Crippen LogP contribution >= 0.6 is 0 Å². The van der Waals surface area contributed by atoms with Crippen LogP contribution in [0.4, 0.5) is 0 Å². The number of aryl methyl sites for hydroxylation is 1. The zero-order valence-corrected chi connectivity index (χ0v) is 12.0. The van der Waals surface area contributed by atoms with Crippen molar-refractivity contribution in [3.05, 3.63) is 29.3 Å². The first-order chi connectivity index (χ1) is 9.38. The lowest BCUT2D eigenvalue weighted by Gasteiger charge is -2.35. The van der Waals surface area contributed by atoms with Crippen LogP contribution in [0.2, 0.25) is 0 Å². The van der Waals surface area contributed by atoms with Crippen molar-refractivity contribution in [1.82, 2.24) is 5.32 Å². The second-order valence-corrected chi connectivity index (χ2v) is 5.94. The lowest BCUT2D eigenvalue weighted by Crippen LogP contribution is -2.32. The Hall–Kier alpha value is -1.02. The van der Waals surface area contributed by atoms with E-state index in [0.717, 1.165) is 31.2 Å². The van der Waals surface area contributed by atoms with Crippen LogP contribution in [0.1, 0.15) is 56.2 Å². The second kappa shape index (κ2) is 5.96. The van der Waals surface area contributed by atoms with Gasteiger partial charge in [0.15, 0.2) is 0 Å². The van der Waals surface area contributed by atoms with Crippen LogP contribution in [0.25, 0.3) is 0 Å². The highest BCUT2D eigenvalue weighted by Crippen LogP contribution is 2.39. The van der Waals surface area contributed by atoms with E-state index in [1.807, 2.05) is 0 Å². The summed E-state index contributed by atoms with van der Waals surface area (Å²) in [5.74, 6) is 1.95. The Labute approximate surface area is 116 Å². The van der Waals surface area contributed by atoms with E-state index in [9.17, 15) is 0 Å². The molecule has 1 aliphatic carbocycles. The molecule has 19 heavy (non-hydrogen) atoms. The average Bonchev–Trinajstić information content (AvgIpc) is 2.40. The summed E-state index contributed by atoms with van der Waals surface area (Å²) in [7, 11) is 0. The standard InChI is InChI=1S/C17H25NO/c1-2-10-18-17(13-5-3-6-13)15-8-9-16-14(12-15)7-4-11-19-16/h8-9,12-13,17-18H,2-7,10-11H2,1H3. The minimum atomic E-state index is 0.556. The maximum absolute atomic E-state index is 5.72. The molecule has 0 aromatic heterocycles. The second-order valence-electron chi connectivity index (χ2n) is 5.94. The van der Waals surface area contributed by atoms with E-state index < -0.39 is 0 Å². The van der Waals surface area contributed by atoms with Gasteiger partial charge in [-0.15, -0.1) is 0 Å². The first-order valence-electron chi connectivity index (χ1n) is 7.87. The van der Waals surface area contributed by atoms with Gasteiger partial charge < -0.3 is 10.1 Å². The third-order valence-corrected chi connectivity index (χ3v) is 4.53. The maximum Gasteiger partial charge on any atom is 0.122 e. The zero-order valence-electron chi connectivity index (χ0n) is 12.0. The molecule has 2 aliphatic rings. The van der Waals surface area contributed by atoms with Crippen LogP contribution in [0, 0.1) is 5.92 Å². The predicted molar refractivity (Wildman–Crippen MR) is 78.6 cm³/mol. The number of hydrogen-bond acceptors (Lipinski definition) is 2. The number of benzene rings is 1.